The number of anilines is 3. The third-order valence-corrected chi connectivity index (χ3v) is 4.61. The number of amides is 1. The molecule has 0 unspecified atom stereocenters. The van der Waals surface area contributed by atoms with Gasteiger partial charge in [0.1, 0.15) is 5.66 Å². The Morgan fingerprint density at radius 3 is 2.15 bits per heavy atom. The zero-order chi connectivity index (χ0) is 19.0. The van der Waals surface area contributed by atoms with Gasteiger partial charge >= 0.3 is 0 Å². The van der Waals surface area contributed by atoms with Crippen LogP contribution in [0.25, 0.3) is 0 Å². The molecule has 1 heterocycles. The summed E-state index contributed by atoms with van der Waals surface area (Å²) in [6, 6.07) is 18.6. The Kier molecular flexibility index (Phi) is 4.03. The molecule has 1 aliphatic rings. The molecule has 1 aliphatic heterocycles. The van der Waals surface area contributed by atoms with Crippen LogP contribution in [0.5, 0.6) is 0 Å². The molecule has 0 saturated carbocycles. The number of hydrogen-bond acceptors (Lipinski definition) is 3. The van der Waals surface area contributed by atoms with Gasteiger partial charge in [-0.15, -0.1) is 0 Å². The van der Waals surface area contributed by atoms with E-state index in [9.17, 15) is 13.6 Å². The number of carbonyl (C=O) groups excluding carboxylic acids is 1. The summed E-state index contributed by atoms with van der Waals surface area (Å²) in [5, 5.41) is 9.46. The predicted octanol–water partition coefficient (Wildman–Crippen LogP) is 4.93. The van der Waals surface area contributed by atoms with Gasteiger partial charge in [-0.25, -0.2) is 8.78 Å². The Morgan fingerprint density at radius 2 is 1.52 bits per heavy atom. The Labute approximate surface area is 155 Å². The molecule has 6 heteroatoms. The van der Waals surface area contributed by atoms with E-state index in [-0.39, 0.29) is 5.56 Å². The molecule has 136 valence electrons. The van der Waals surface area contributed by atoms with Gasteiger partial charge in [-0.2, -0.15) is 0 Å². The Hall–Kier alpha value is -3.41. The number of benzene rings is 3. The molecule has 0 radical (unpaired) electrons. The van der Waals surface area contributed by atoms with Crippen LogP contribution in [0.2, 0.25) is 0 Å². The second kappa shape index (κ2) is 6.39. The van der Waals surface area contributed by atoms with Crippen molar-refractivity contribution in [2.45, 2.75) is 12.6 Å². The van der Waals surface area contributed by atoms with Crippen molar-refractivity contribution in [3.63, 3.8) is 0 Å². The molecule has 0 fully saturated rings. The lowest BCUT2D eigenvalue weighted by Crippen LogP contribution is -2.34. The van der Waals surface area contributed by atoms with E-state index in [1.165, 1.54) is 12.1 Å². The van der Waals surface area contributed by atoms with E-state index >= 15 is 0 Å². The number of rotatable bonds is 3. The summed E-state index contributed by atoms with van der Waals surface area (Å²) >= 11 is 0. The lowest BCUT2D eigenvalue weighted by Gasteiger charge is -2.27. The summed E-state index contributed by atoms with van der Waals surface area (Å²) in [6.07, 6.45) is 0. The summed E-state index contributed by atoms with van der Waals surface area (Å²) in [6.45, 7) is 2.02. The highest BCUT2D eigenvalue weighted by Gasteiger charge is 2.32. The standard InChI is InChI=1S/C21H17F2N3O/c1-21(25-17-7-2-3-8-18(17)26-21)13-9-11-14(12-10-13)24-20(27)15-5-4-6-16(22)19(15)23/h2-12,25-26H,1H3,(H,24,27). The zero-order valence-electron chi connectivity index (χ0n) is 14.5. The largest absolute Gasteiger partial charge is 0.358 e. The van der Waals surface area contributed by atoms with E-state index in [2.05, 4.69) is 16.0 Å². The lowest BCUT2D eigenvalue weighted by molar-refractivity contribution is 0.102. The molecule has 0 aromatic heterocycles. The van der Waals surface area contributed by atoms with Crippen molar-refractivity contribution >= 4 is 23.0 Å². The van der Waals surface area contributed by atoms with Crippen LogP contribution in [0.15, 0.2) is 66.7 Å². The van der Waals surface area contributed by atoms with Crippen molar-refractivity contribution in [3.05, 3.63) is 89.5 Å². The van der Waals surface area contributed by atoms with Crippen molar-refractivity contribution in [3.8, 4) is 0 Å². The molecule has 0 saturated heterocycles. The molecule has 3 N–H and O–H groups in total. The molecule has 0 bridgehead atoms. The fraction of sp³-hybridized carbons (Fsp3) is 0.0952. The molecular formula is C21H17F2N3O. The van der Waals surface area contributed by atoms with E-state index in [0.29, 0.717) is 5.69 Å². The maximum absolute atomic E-state index is 13.8. The molecule has 4 nitrogen and oxygen atoms in total. The Morgan fingerprint density at radius 1 is 0.889 bits per heavy atom. The molecular weight excluding hydrogens is 348 g/mol. The summed E-state index contributed by atoms with van der Waals surface area (Å²) in [7, 11) is 0. The normalized spacial score (nSPS) is 14.0. The molecule has 0 spiro atoms. The third-order valence-electron chi connectivity index (χ3n) is 4.61. The first-order valence-corrected chi connectivity index (χ1v) is 8.47. The lowest BCUT2D eigenvalue weighted by atomic mass is 10.0. The summed E-state index contributed by atoms with van der Waals surface area (Å²) in [5.74, 6) is -2.91. The van der Waals surface area contributed by atoms with E-state index in [1.54, 1.807) is 12.1 Å². The topological polar surface area (TPSA) is 53.2 Å². The zero-order valence-corrected chi connectivity index (χ0v) is 14.5. The predicted molar refractivity (Wildman–Crippen MR) is 102 cm³/mol. The molecule has 0 atom stereocenters. The summed E-state index contributed by atoms with van der Waals surface area (Å²) in [4.78, 5) is 12.2. The summed E-state index contributed by atoms with van der Waals surface area (Å²) in [5.41, 5.74) is 2.67. The maximum Gasteiger partial charge on any atom is 0.258 e. The second-order valence-electron chi connectivity index (χ2n) is 6.55. The van der Waals surface area contributed by atoms with E-state index in [4.69, 9.17) is 0 Å². The smallest absolute Gasteiger partial charge is 0.258 e. The molecule has 3 aromatic carbocycles. The highest BCUT2D eigenvalue weighted by Crippen LogP contribution is 2.39. The monoisotopic (exact) mass is 365 g/mol. The molecule has 4 rings (SSSR count). The fourth-order valence-corrected chi connectivity index (χ4v) is 3.18. The number of carbonyl (C=O) groups is 1. The van der Waals surface area contributed by atoms with Gasteiger partial charge < -0.3 is 16.0 Å². The van der Waals surface area contributed by atoms with Gasteiger partial charge in [0.2, 0.25) is 0 Å². The molecule has 27 heavy (non-hydrogen) atoms. The first-order chi connectivity index (χ1) is 13.0. The number of fused-ring (bicyclic) bond motifs is 1. The van der Waals surface area contributed by atoms with Gasteiger partial charge in [0.05, 0.1) is 16.9 Å². The van der Waals surface area contributed by atoms with Crippen LogP contribution >= 0.6 is 0 Å². The number of halogens is 2. The Bertz CT molecular complexity index is 993. The highest BCUT2D eigenvalue weighted by atomic mass is 19.2. The van der Waals surface area contributed by atoms with Crippen LogP contribution < -0.4 is 16.0 Å². The van der Waals surface area contributed by atoms with Gasteiger partial charge in [-0.3, -0.25) is 4.79 Å². The van der Waals surface area contributed by atoms with Crippen LogP contribution in [-0.2, 0) is 5.66 Å². The Balaban J connectivity index is 1.52. The first-order valence-electron chi connectivity index (χ1n) is 8.47. The van der Waals surface area contributed by atoms with Crippen LogP contribution in [0.3, 0.4) is 0 Å². The van der Waals surface area contributed by atoms with Crippen molar-refractivity contribution in [2.75, 3.05) is 16.0 Å². The number of para-hydroxylation sites is 2. The van der Waals surface area contributed by atoms with Crippen molar-refractivity contribution in [1.82, 2.24) is 0 Å². The average Bonchev–Trinajstić information content (AvgIpc) is 3.01. The van der Waals surface area contributed by atoms with Gasteiger partial charge in [0.15, 0.2) is 11.6 Å². The molecule has 1 amide bonds. The fourth-order valence-electron chi connectivity index (χ4n) is 3.18. The van der Waals surface area contributed by atoms with Crippen molar-refractivity contribution in [2.24, 2.45) is 0 Å². The molecule has 3 aromatic rings. The first kappa shape index (κ1) is 17.0. The van der Waals surface area contributed by atoms with Gasteiger partial charge in [-0.1, -0.05) is 30.3 Å². The number of hydrogen-bond donors (Lipinski definition) is 3. The van der Waals surface area contributed by atoms with E-state index in [0.717, 1.165) is 23.0 Å². The van der Waals surface area contributed by atoms with E-state index < -0.39 is 23.2 Å². The van der Waals surface area contributed by atoms with Gasteiger partial charge in [-0.05, 0) is 48.9 Å². The van der Waals surface area contributed by atoms with Crippen LogP contribution in [-0.4, -0.2) is 5.91 Å². The van der Waals surface area contributed by atoms with Gasteiger partial charge in [0.25, 0.3) is 5.91 Å². The van der Waals surface area contributed by atoms with Crippen LogP contribution in [0.1, 0.15) is 22.8 Å². The quantitative estimate of drug-likeness (QED) is 0.617. The third kappa shape index (κ3) is 3.10. The summed E-state index contributed by atoms with van der Waals surface area (Å²) < 4.78 is 27.0. The van der Waals surface area contributed by atoms with Crippen molar-refractivity contribution < 1.29 is 13.6 Å². The maximum atomic E-state index is 13.8. The van der Waals surface area contributed by atoms with Crippen LogP contribution in [0, 0.1) is 11.6 Å². The minimum atomic E-state index is -1.16. The highest BCUT2D eigenvalue weighted by molar-refractivity contribution is 6.04. The minimum absolute atomic E-state index is 0.333. The van der Waals surface area contributed by atoms with Crippen LogP contribution in [0.4, 0.5) is 25.8 Å². The van der Waals surface area contributed by atoms with Gasteiger partial charge in [0, 0.05) is 5.69 Å². The minimum Gasteiger partial charge on any atom is -0.358 e. The number of nitrogens with one attached hydrogen (secondary N) is 3. The second-order valence-corrected chi connectivity index (χ2v) is 6.55. The SMILES string of the molecule is CC1(c2ccc(NC(=O)c3cccc(F)c3F)cc2)Nc2ccccc2N1. The van der Waals surface area contributed by atoms with Crippen molar-refractivity contribution in [1.29, 1.82) is 0 Å². The van der Waals surface area contributed by atoms with E-state index in [1.807, 2.05) is 43.3 Å². The average molecular weight is 365 g/mol. The molecule has 0 aliphatic carbocycles.